The predicted octanol–water partition coefficient (Wildman–Crippen LogP) is 2.48. The first-order valence-corrected chi connectivity index (χ1v) is 7.60. The Morgan fingerprint density at radius 1 is 1.32 bits per heavy atom. The van der Waals surface area contributed by atoms with E-state index >= 15 is 0 Å². The Kier molecular flexibility index (Phi) is 4.68. The highest BCUT2D eigenvalue weighted by Crippen LogP contribution is 2.20. The summed E-state index contributed by atoms with van der Waals surface area (Å²) in [6.07, 6.45) is 0. The maximum absolute atomic E-state index is 13.6. The molecule has 6 heteroatoms. The zero-order valence-electron chi connectivity index (χ0n) is 11.1. The summed E-state index contributed by atoms with van der Waals surface area (Å²) in [6.45, 7) is 5.11. The number of hydrogen-bond acceptors (Lipinski definition) is 3. The third-order valence-electron chi connectivity index (χ3n) is 3.15. The number of hydrogen-bond donors (Lipinski definition) is 1. The van der Waals surface area contributed by atoms with E-state index in [9.17, 15) is 17.6 Å². The highest BCUT2D eigenvalue weighted by atomic mass is 32.2. The van der Waals surface area contributed by atoms with E-state index < -0.39 is 32.6 Å². The van der Waals surface area contributed by atoms with Crippen molar-refractivity contribution in [3.05, 3.63) is 35.1 Å². The Labute approximate surface area is 112 Å². The molecule has 0 bridgehead atoms. The molecule has 0 heterocycles. The first-order valence-electron chi connectivity index (χ1n) is 5.88. The number of benzene rings is 1. The molecule has 0 aromatic heterocycles. The van der Waals surface area contributed by atoms with E-state index in [2.05, 4.69) is 0 Å². The monoisotopic (exact) mass is 288 g/mol. The van der Waals surface area contributed by atoms with Crippen LogP contribution < -0.4 is 0 Å². The van der Waals surface area contributed by atoms with Gasteiger partial charge in [0.25, 0.3) is 0 Å². The molecular weight excluding hydrogens is 271 g/mol. The lowest BCUT2D eigenvalue weighted by molar-refractivity contribution is 0.0696. The summed E-state index contributed by atoms with van der Waals surface area (Å²) in [5, 5.41) is 8.21. The van der Waals surface area contributed by atoms with Gasteiger partial charge < -0.3 is 5.11 Å². The number of carboxylic acids is 1. The number of rotatable bonds is 5. The molecule has 0 radical (unpaired) electrons. The fourth-order valence-corrected chi connectivity index (χ4v) is 3.33. The van der Waals surface area contributed by atoms with Crippen LogP contribution in [0.15, 0.2) is 18.2 Å². The topological polar surface area (TPSA) is 71.4 Å². The minimum Gasteiger partial charge on any atom is -0.478 e. The van der Waals surface area contributed by atoms with E-state index in [0.717, 1.165) is 18.2 Å². The summed E-state index contributed by atoms with van der Waals surface area (Å²) in [4.78, 5) is 10.8. The van der Waals surface area contributed by atoms with Gasteiger partial charge >= 0.3 is 5.97 Å². The third-order valence-corrected chi connectivity index (χ3v) is 5.55. The van der Waals surface area contributed by atoms with Crippen LogP contribution in [-0.2, 0) is 15.6 Å². The van der Waals surface area contributed by atoms with Crippen molar-refractivity contribution in [3.8, 4) is 0 Å². The molecule has 0 saturated heterocycles. The van der Waals surface area contributed by atoms with Crippen LogP contribution in [0.2, 0.25) is 0 Å². The Bertz CT molecular complexity index is 578. The molecule has 1 rings (SSSR count). The van der Waals surface area contributed by atoms with Gasteiger partial charge in [-0.05, 0) is 31.0 Å². The molecule has 1 unspecified atom stereocenters. The lowest BCUT2D eigenvalue weighted by Gasteiger charge is -2.16. The predicted molar refractivity (Wildman–Crippen MR) is 70.3 cm³/mol. The first kappa shape index (κ1) is 15.6. The summed E-state index contributed by atoms with van der Waals surface area (Å²) in [6, 6.07) is 3.16. The normalized spacial score (nSPS) is 13.5. The molecule has 19 heavy (non-hydrogen) atoms. The molecule has 0 aliphatic carbocycles. The van der Waals surface area contributed by atoms with Crippen molar-refractivity contribution in [2.24, 2.45) is 5.92 Å². The van der Waals surface area contributed by atoms with Crippen LogP contribution in [0.1, 0.15) is 36.7 Å². The number of aromatic carboxylic acids is 1. The van der Waals surface area contributed by atoms with Crippen molar-refractivity contribution in [2.75, 3.05) is 0 Å². The zero-order chi connectivity index (χ0) is 14.8. The number of halogens is 1. The quantitative estimate of drug-likeness (QED) is 0.903. The lowest BCUT2D eigenvalue weighted by Crippen LogP contribution is -2.25. The van der Waals surface area contributed by atoms with Crippen molar-refractivity contribution >= 4 is 15.8 Å². The molecule has 4 nitrogen and oxygen atoms in total. The molecule has 0 spiro atoms. The van der Waals surface area contributed by atoms with Gasteiger partial charge in [0, 0.05) is 5.56 Å². The summed E-state index contributed by atoms with van der Waals surface area (Å²) in [5.74, 6) is -2.49. The molecule has 1 aromatic rings. The maximum Gasteiger partial charge on any atom is 0.335 e. The van der Waals surface area contributed by atoms with Crippen molar-refractivity contribution < 1.29 is 22.7 Å². The molecule has 0 fully saturated rings. The van der Waals surface area contributed by atoms with E-state index in [1.807, 2.05) is 0 Å². The number of carbonyl (C=O) groups is 1. The lowest BCUT2D eigenvalue weighted by atomic mass is 10.1. The Hall–Kier alpha value is -1.43. The molecule has 0 saturated carbocycles. The van der Waals surface area contributed by atoms with Crippen molar-refractivity contribution in [2.45, 2.75) is 31.8 Å². The fourth-order valence-electron chi connectivity index (χ4n) is 1.58. The van der Waals surface area contributed by atoms with Crippen molar-refractivity contribution in [1.82, 2.24) is 0 Å². The average Bonchev–Trinajstić information content (AvgIpc) is 2.30. The minimum atomic E-state index is -3.51. The Morgan fingerprint density at radius 2 is 1.89 bits per heavy atom. The van der Waals surface area contributed by atoms with E-state index in [4.69, 9.17) is 5.11 Å². The zero-order valence-corrected chi connectivity index (χ0v) is 11.9. The summed E-state index contributed by atoms with van der Waals surface area (Å²) in [7, 11) is -3.51. The van der Waals surface area contributed by atoms with Crippen LogP contribution >= 0.6 is 0 Å². The van der Waals surface area contributed by atoms with Gasteiger partial charge in [-0.1, -0.05) is 13.8 Å². The van der Waals surface area contributed by atoms with Crippen LogP contribution in [0, 0.1) is 11.7 Å². The molecule has 106 valence electrons. The van der Waals surface area contributed by atoms with Crippen molar-refractivity contribution in [3.63, 3.8) is 0 Å². The van der Waals surface area contributed by atoms with E-state index in [1.54, 1.807) is 20.8 Å². The molecule has 1 atom stereocenters. The largest absolute Gasteiger partial charge is 0.478 e. The smallest absolute Gasteiger partial charge is 0.335 e. The average molecular weight is 288 g/mol. The Balaban J connectivity index is 3.12. The fraction of sp³-hybridized carbons (Fsp3) is 0.462. The molecule has 0 amide bonds. The Morgan fingerprint density at radius 3 is 2.37 bits per heavy atom. The van der Waals surface area contributed by atoms with Gasteiger partial charge in [0.05, 0.1) is 16.6 Å². The third kappa shape index (κ3) is 3.76. The van der Waals surface area contributed by atoms with Crippen LogP contribution in [0.4, 0.5) is 4.39 Å². The first-order chi connectivity index (χ1) is 8.65. The van der Waals surface area contributed by atoms with Gasteiger partial charge in [0.15, 0.2) is 9.84 Å². The van der Waals surface area contributed by atoms with Gasteiger partial charge in [-0.15, -0.1) is 0 Å². The van der Waals surface area contributed by atoms with Gasteiger partial charge in [0.1, 0.15) is 5.82 Å². The highest BCUT2D eigenvalue weighted by molar-refractivity contribution is 7.91. The summed E-state index contributed by atoms with van der Waals surface area (Å²) < 4.78 is 37.7. The summed E-state index contributed by atoms with van der Waals surface area (Å²) >= 11 is 0. The second-order valence-electron chi connectivity index (χ2n) is 4.87. The summed E-state index contributed by atoms with van der Waals surface area (Å²) in [5.41, 5.74) is -0.226. The molecule has 1 aromatic carbocycles. The van der Waals surface area contributed by atoms with Gasteiger partial charge in [-0.2, -0.15) is 0 Å². The molecule has 0 aliphatic heterocycles. The molecule has 1 N–H and O–H groups in total. The minimum absolute atomic E-state index is 0.0873. The van der Waals surface area contributed by atoms with Crippen LogP contribution in [0.5, 0.6) is 0 Å². The van der Waals surface area contributed by atoms with Gasteiger partial charge in [-0.3, -0.25) is 0 Å². The standard InChI is InChI=1S/C13H17FO4S/c1-8(2)9(3)19(17,18)7-11-6-10(13(15)16)4-5-12(11)14/h4-6,8-9H,7H2,1-3H3,(H,15,16). The second-order valence-corrected chi connectivity index (χ2v) is 7.23. The van der Waals surface area contributed by atoms with E-state index in [1.165, 1.54) is 0 Å². The van der Waals surface area contributed by atoms with Gasteiger partial charge in [0.2, 0.25) is 0 Å². The van der Waals surface area contributed by atoms with Crippen molar-refractivity contribution in [1.29, 1.82) is 0 Å². The maximum atomic E-state index is 13.6. The highest BCUT2D eigenvalue weighted by Gasteiger charge is 2.25. The second kappa shape index (κ2) is 5.69. The van der Waals surface area contributed by atoms with Gasteiger partial charge in [-0.25, -0.2) is 17.6 Å². The molecule has 0 aliphatic rings. The SMILES string of the molecule is CC(C)C(C)S(=O)(=O)Cc1cc(C(=O)O)ccc1F. The number of carboxylic acid groups (broad SMARTS) is 1. The molecular formula is C13H17FO4S. The van der Waals surface area contributed by atoms with Crippen LogP contribution in [0.3, 0.4) is 0 Å². The van der Waals surface area contributed by atoms with Crippen LogP contribution in [-0.4, -0.2) is 24.7 Å². The van der Waals surface area contributed by atoms with Crippen LogP contribution in [0.25, 0.3) is 0 Å². The van der Waals surface area contributed by atoms with E-state index in [0.29, 0.717) is 0 Å². The number of sulfone groups is 1. The van der Waals surface area contributed by atoms with E-state index in [-0.39, 0.29) is 17.0 Å².